The fraction of sp³-hybridized carbons (Fsp3) is 0.833. The molecular weight excluding hydrogens is 222 g/mol. The molecule has 0 aromatic heterocycles. The second-order valence-corrected chi connectivity index (χ2v) is 5.74. The maximum atomic E-state index is 12.2. The molecule has 17 heavy (non-hydrogen) atoms. The van der Waals surface area contributed by atoms with E-state index in [1.54, 1.807) is 11.9 Å². The van der Waals surface area contributed by atoms with Gasteiger partial charge in [0.1, 0.15) is 5.92 Å². The van der Waals surface area contributed by atoms with Crippen molar-refractivity contribution in [2.45, 2.75) is 26.3 Å². The van der Waals surface area contributed by atoms with Crippen molar-refractivity contribution in [2.24, 2.45) is 17.3 Å². The summed E-state index contributed by atoms with van der Waals surface area (Å²) in [5.74, 6) is -1.38. The first-order valence-corrected chi connectivity index (χ1v) is 5.92. The third-order valence-corrected chi connectivity index (χ3v) is 4.02. The van der Waals surface area contributed by atoms with Gasteiger partial charge in [0.2, 0.25) is 5.91 Å². The van der Waals surface area contributed by atoms with E-state index in [1.165, 1.54) is 0 Å². The number of rotatable bonds is 3. The molecule has 1 aliphatic carbocycles. The van der Waals surface area contributed by atoms with Gasteiger partial charge in [-0.1, -0.05) is 13.8 Å². The minimum atomic E-state index is -0.887. The van der Waals surface area contributed by atoms with E-state index in [2.05, 4.69) is 13.8 Å². The van der Waals surface area contributed by atoms with Crippen LogP contribution in [-0.2, 0) is 14.3 Å². The van der Waals surface area contributed by atoms with E-state index in [0.717, 1.165) is 6.42 Å². The summed E-state index contributed by atoms with van der Waals surface area (Å²) in [5.41, 5.74) is 0.0729. The molecule has 1 amide bonds. The standard InChI is InChI=1S/C12H19NO4/c1-12(2)4-8(12)10(14)13(3)9-6-17-5-7(9)11(15)16/h7-9H,4-6H2,1-3H3,(H,15,16). The summed E-state index contributed by atoms with van der Waals surface area (Å²) in [7, 11) is 1.69. The highest BCUT2D eigenvalue weighted by Crippen LogP contribution is 2.52. The van der Waals surface area contributed by atoms with Crippen LogP contribution in [0.15, 0.2) is 0 Å². The molecule has 96 valence electrons. The topological polar surface area (TPSA) is 66.8 Å². The van der Waals surface area contributed by atoms with Crippen molar-refractivity contribution in [3.05, 3.63) is 0 Å². The van der Waals surface area contributed by atoms with Crippen LogP contribution in [0.5, 0.6) is 0 Å². The lowest BCUT2D eigenvalue weighted by molar-refractivity contribution is -0.144. The molecule has 2 fully saturated rings. The van der Waals surface area contributed by atoms with Gasteiger partial charge in [-0.2, -0.15) is 0 Å². The molecule has 5 heteroatoms. The number of hydrogen-bond acceptors (Lipinski definition) is 3. The largest absolute Gasteiger partial charge is 0.481 e. The lowest BCUT2D eigenvalue weighted by Crippen LogP contribution is -2.45. The Morgan fingerprint density at radius 2 is 1.94 bits per heavy atom. The summed E-state index contributed by atoms with van der Waals surface area (Å²) in [6.45, 7) is 4.64. The molecule has 1 saturated carbocycles. The Labute approximate surface area is 101 Å². The third kappa shape index (κ3) is 2.16. The van der Waals surface area contributed by atoms with Gasteiger partial charge >= 0.3 is 5.97 Å². The minimum absolute atomic E-state index is 0.0440. The van der Waals surface area contributed by atoms with Crippen LogP contribution in [0.2, 0.25) is 0 Å². The molecule has 2 rings (SSSR count). The molecule has 1 aliphatic heterocycles. The molecule has 1 N–H and O–H groups in total. The molecule has 0 bridgehead atoms. The normalized spacial score (nSPS) is 34.4. The van der Waals surface area contributed by atoms with Crippen LogP contribution < -0.4 is 0 Å². The van der Waals surface area contributed by atoms with Crippen molar-refractivity contribution in [2.75, 3.05) is 20.3 Å². The molecule has 1 saturated heterocycles. The van der Waals surface area contributed by atoms with Gasteiger partial charge in [0.25, 0.3) is 0 Å². The van der Waals surface area contributed by atoms with E-state index < -0.39 is 11.9 Å². The van der Waals surface area contributed by atoms with E-state index in [1.807, 2.05) is 0 Å². The van der Waals surface area contributed by atoms with Crippen LogP contribution >= 0.6 is 0 Å². The maximum Gasteiger partial charge on any atom is 0.311 e. The highest BCUT2D eigenvalue weighted by atomic mass is 16.5. The summed E-state index contributed by atoms with van der Waals surface area (Å²) in [5, 5.41) is 9.05. The number of aliphatic carboxylic acids is 1. The summed E-state index contributed by atoms with van der Waals surface area (Å²) >= 11 is 0. The van der Waals surface area contributed by atoms with Crippen molar-refractivity contribution in [1.29, 1.82) is 0 Å². The fourth-order valence-electron chi connectivity index (χ4n) is 2.46. The Balaban J connectivity index is 2.02. The van der Waals surface area contributed by atoms with Gasteiger partial charge in [-0.25, -0.2) is 0 Å². The van der Waals surface area contributed by atoms with Gasteiger partial charge in [-0.05, 0) is 11.8 Å². The van der Waals surface area contributed by atoms with Gasteiger partial charge in [-0.15, -0.1) is 0 Å². The number of nitrogens with zero attached hydrogens (tertiary/aromatic N) is 1. The van der Waals surface area contributed by atoms with Crippen molar-refractivity contribution in [3.8, 4) is 0 Å². The number of carboxylic acid groups (broad SMARTS) is 1. The van der Waals surface area contributed by atoms with Crippen LogP contribution in [0, 0.1) is 17.3 Å². The van der Waals surface area contributed by atoms with Crippen LogP contribution in [-0.4, -0.2) is 48.2 Å². The Kier molecular flexibility index (Phi) is 2.89. The van der Waals surface area contributed by atoms with Gasteiger partial charge in [0.05, 0.1) is 19.3 Å². The van der Waals surface area contributed by atoms with Crippen molar-refractivity contribution in [3.63, 3.8) is 0 Å². The molecule has 0 aromatic carbocycles. The van der Waals surface area contributed by atoms with E-state index in [9.17, 15) is 9.59 Å². The first-order valence-electron chi connectivity index (χ1n) is 5.92. The number of carbonyl (C=O) groups is 2. The zero-order valence-electron chi connectivity index (χ0n) is 10.5. The Hall–Kier alpha value is -1.10. The predicted octanol–water partition coefficient (Wildman–Crippen LogP) is 0.591. The molecule has 0 aromatic rings. The molecule has 1 heterocycles. The van der Waals surface area contributed by atoms with Crippen molar-refractivity contribution >= 4 is 11.9 Å². The van der Waals surface area contributed by atoms with Gasteiger partial charge in [0, 0.05) is 13.0 Å². The lowest BCUT2D eigenvalue weighted by atomic mass is 10.0. The molecule has 5 nitrogen and oxygen atoms in total. The highest BCUT2D eigenvalue weighted by molar-refractivity contribution is 5.83. The van der Waals surface area contributed by atoms with E-state index >= 15 is 0 Å². The summed E-state index contributed by atoms with van der Waals surface area (Å²) in [6, 6.07) is -0.323. The minimum Gasteiger partial charge on any atom is -0.481 e. The third-order valence-electron chi connectivity index (χ3n) is 4.02. The van der Waals surface area contributed by atoms with Crippen molar-refractivity contribution in [1.82, 2.24) is 4.90 Å². The summed E-state index contributed by atoms with van der Waals surface area (Å²) in [4.78, 5) is 24.8. The number of hydrogen-bond donors (Lipinski definition) is 1. The average Bonchev–Trinajstić information content (AvgIpc) is 2.70. The average molecular weight is 241 g/mol. The Morgan fingerprint density at radius 1 is 1.35 bits per heavy atom. The summed E-state index contributed by atoms with van der Waals surface area (Å²) < 4.78 is 5.18. The fourth-order valence-corrected chi connectivity index (χ4v) is 2.46. The number of carbonyl (C=O) groups excluding carboxylic acids is 1. The maximum absolute atomic E-state index is 12.2. The summed E-state index contributed by atoms with van der Waals surface area (Å²) in [6.07, 6.45) is 0.890. The smallest absolute Gasteiger partial charge is 0.311 e. The van der Waals surface area contributed by atoms with Gasteiger partial charge < -0.3 is 14.7 Å². The molecule has 2 aliphatic rings. The van der Waals surface area contributed by atoms with E-state index in [-0.39, 0.29) is 29.9 Å². The Morgan fingerprint density at radius 3 is 2.41 bits per heavy atom. The first-order chi connectivity index (χ1) is 7.84. The zero-order valence-corrected chi connectivity index (χ0v) is 10.5. The van der Waals surface area contributed by atoms with Crippen LogP contribution in [0.25, 0.3) is 0 Å². The second kappa shape index (κ2) is 3.98. The molecule has 0 radical (unpaired) electrons. The zero-order chi connectivity index (χ0) is 12.8. The number of likely N-dealkylation sites (N-methyl/N-ethyl adjacent to an activating group) is 1. The van der Waals surface area contributed by atoms with Gasteiger partial charge in [0.15, 0.2) is 0 Å². The van der Waals surface area contributed by atoms with Crippen LogP contribution in [0.4, 0.5) is 0 Å². The SMILES string of the molecule is CN(C(=O)C1CC1(C)C)C1COCC1C(=O)O. The van der Waals surface area contributed by atoms with Crippen LogP contribution in [0.3, 0.4) is 0 Å². The second-order valence-electron chi connectivity index (χ2n) is 5.74. The van der Waals surface area contributed by atoms with Gasteiger partial charge in [-0.3, -0.25) is 9.59 Å². The monoisotopic (exact) mass is 241 g/mol. The molecular formula is C12H19NO4. The molecule has 3 unspecified atom stereocenters. The first kappa shape index (κ1) is 12.4. The predicted molar refractivity (Wildman–Crippen MR) is 60.4 cm³/mol. The lowest BCUT2D eigenvalue weighted by Gasteiger charge is -2.27. The number of ether oxygens (including phenoxy) is 1. The molecule has 3 atom stereocenters. The van der Waals surface area contributed by atoms with E-state index in [4.69, 9.17) is 9.84 Å². The Bertz CT molecular complexity index is 352. The highest BCUT2D eigenvalue weighted by Gasteiger charge is 2.53. The van der Waals surface area contributed by atoms with Crippen molar-refractivity contribution < 1.29 is 19.4 Å². The quantitative estimate of drug-likeness (QED) is 0.785. The number of carboxylic acids is 1. The van der Waals surface area contributed by atoms with Crippen LogP contribution in [0.1, 0.15) is 20.3 Å². The number of amides is 1. The molecule has 0 spiro atoms. The van der Waals surface area contributed by atoms with E-state index in [0.29, 0.717) is 6.61 Å².